The zero-order valence-corrected chi connectivity index (χ0v) is 19.9. The minimum Gasteiger partial charge on any atom is -0.480 e. The van der Waals surface area contributed by atoms with Gasteiger partial charge in [-0.3, -0.25) is 36.2 Å². The average molecular weight is 484 g/mol. The van der Waals surface area contributed by atoms with Crippen molar-refractivity contribution in [3.05, 3.63) is 66.2 Å². The second kappa shape index (κ2) is 14.4. The van der Waals surface area contributed by atoms with E-state index in [1.165, 1.54) is 6.92 Å². The summed E-state index contributed by atoms with van der Waals surface area (Å²) in [7, 11) is 0. The standard InChI is InChI=1S/C25H34N6O4/c1-17(24(34)35)29-21(15-14-18-9-4-2-5-10-18)23(33)31-20(13-8-16-28-25(26)27)22(32)30-19-11-6-3-7-12-19/h2-7,9-12,17,20-21,29H,8,13-16H2,1H3,(H,30,32)(H,31,33)(H,34,35)(H4,26,27,28)/p+1. The molecule has 0 bridgehead atoms. The van der Waals surface area contributed by atoms with E-state index < -0.39 is 30.0 Å². The van der Waals surface area contributed by atoms with Gasteiger partial charge in [0.15, 0.2) is 0 Å². The molecule has 35 heavy (non-hydrogen) atoms. The maximum Gasteiger partial charge on any atom is 0.338 e. The van der Waals surface area contributed by atoms with Crippen LogP contribution in [0.15, 0.2) is 60.7 Å². The summed E-state index contributed by atoms with van der Waals surface area (Å²) in [5.41, 5.74) is 12.5. The van der Waals surface area contributed by atoms with Gasteiger partial charge in [-0.15, -0.1) is 0 Å². The van der Waals surface area contributed by atoms with Gasteiger partial charge in [-0.1, -0.05) is 48.5 Å². The number of rotatable bonds is 14. The predicted molar refractivity (Wildman–Crippen MR) is 134 cm³/mol. The first kappa shape index (κ1) is 27.3. The van der Waals surface area contributed by atoms with Gasteiger partial charge in [0.05, 0.1) is 12.6 Å². The van der Waals surface area contributed by atoms with Crippen molar-refractivity contribution in [1.82, 2.24) is 10.6 Å². The summed E-state index contributed by atoms with van der Waals surface area (Å²) in [6, 6.07) is 15.9. The number of anilines is 1. The number of nitrogens with two attached hydrogens (primary N) is 2. The number of carbonyl (C=O) groups excluding carboxylic acids is 2. The number of carboxylic acid groups (broad SMARTS) is 1. The van der Waals surface area contributed by atoms with Crippen LogP contribution in [0.4, 0.5) is 5.69 Å². The number of hydrogen-bond donors (Lipinski definition) is 7. The Bertz CT molecular complexity index is 980. The van der Waals surface area contributed by atoms with E-state index in [4.69, 9.17) is 11.5 Å². The molecule has 2 amide bonds. The molecule has 2 aromatic carbocycles. The highest BCUT2D eigenvalue weighted by Crippen LogP contribution is 2.10. The first-order valence-corrected chi connectivity index (χ1v) is 11.6. The summed E-state index contributed by atoms with van der Waals surface area (Å²) in [4.78, 5) is 40.4. The van der Waals surface area contributed by atoms with Crippen molar-refractivity contribution in [3.8, 4) is 0 Å². The van der Waals surface area contributed by atoms with Crippen molar-refractivity contribution >= 4 is 29.4 Å². The number of benzene rings is 2. The number of aryl methyl sites for hydroxylation is 1. The molecule has 9 N–H and O–H groups in total. The van der Waals surface area contributed by atoms with Gasteiger partial charge in [-0.05, 0) is 50.3 Å². The molecule has 0 saturated heterocycles. The lowest BCUT2D eigenvalue weighted by molar-refractivity contribution is -0.459. The number of para-hydroxylation sites is 1. The van der Waals surface area contributed by atoms with Crippen molar-refractivity contribution in [2.24, 2.45) is 11.5 Å². The smallest absolute Gasteiger partial charge is 0.338 e. The van der Waals surface area contributed by atoms with Crippen LogP contribution in [0.25, 0.3) is 0 Å². The highest BCUT2D eigenvalue weighted by molar-refractivity contribution is 5.97. The van der Waals surface area contributed by atoms with Gasteiger partial charge in [0.1, 0.15) is 12.1 Å². The van der Waals surface area contributed by atoms with E-state index in [0.717, 1.165) is 5.56 Å². The minimum absolute atomic E-state index is 0.0761. The molecule has 0 radical (unpaired) electrons. The molecule has 0 aliphatic heterocycles. The Morgan fingerprint density at radius 3 is 2.14 bits per heavy atom. The molecule has 2 rings (SSSR count). The number of carbonyl (C=O) groups is 3. The average Bonchev–Trinajstić information content (AvgIpc) is 2.84. The third kappa shape index (κ3) is 10.3. The highest BCUT2D eigenvalue weighted by atomic mass is 16.4. The quantitative estimate of drug-likeness (QED) is 0.106. The van der Waals surface area contributed by atoms with Crippen LogP contribution in [0.2, 0.25) is 0 Å². The van der Waals surface area contributed by atoms with E-state index in [0.29, 0.717) is 37.9 Å². The molecule has 0 saturated carbocycles. The highest BCUT2D eigenvalue weighted by Gasteiger charge is 2.27. The minimum atomic E-state index is -1.07. The normalized spacial score (nSPS) is 13.2. The third-order valence-corrected chi connectivity index (χ3v) is 5.38. The van der Waals surface area contributed by atoms with E-state index in [-0.39, 0.29) is 11.9 Å². The fourth-order valence-electron chi connectivity index (χ4n) is 3.45. The summed E-state index contributed by atoms with van der Waals surface area (Å²) in [6.45, 7) is 1.91. The molecule has 0 spiro atoms. The van der Waals surface area contributed by atoms with Crippen LogP contribution < -0.4 is 32.4 Å². The van der Waals surface area contributed by atoms with Crippen LogP contribution in [-0.2, 0) is 20.8 Å². The summed E-state index contributed by atoms with van der Waals surface area (Å²) in [5.74, 6) is -1.81. The van der Waals surface area contributed by atoms with Crippen LogP contribution in [0.1, 0.15) is 31.7 Å². The number of carboxylic acids is 1. The van der Waals surface area contributed by atoms with E-state index >= 15 is 0 Å². The second-order valence-electron chi connectivity index (χ2n) is 8.24. The lowest BCUT2D eigenvalue weighted by atomic mass is 10.0. The monoisotopic (exact) mass is 483 g/mol. The number of hydrogen-bond acceptors (Lipinski definition) is 4. The fraction of sp³-hybridized carbons (Fsp3) is 0.360. The van der Waals surface area contributed by atoms with Crippen LogP contribution in [0.5, 0.6) is 0 Å². The van der Waals surface area contributed by atoms with Gasteiger partial charge in [0.2, 0.25) is 11.8 Å². The summed E-state index contributed by atoms with van der Waals surface area (Å²) >= 11 is 0. The molecular weight excluding hydrogens is 448 g/mol. The van der Waals surface area contributed by atoms with Crippen LogP contribution >= 0.6 is 0 Å². The van der Waals surface area contributed by atoms with Crippen molar-refractivity contribution in [1.29, 1.82) is 0 Å². The van der Waals surface area contributed by atoms with Crippen molar-refractivity contribution in [2.75, 3.05) is 11.9 Å². The Kier molecular flexibility index (Phi) is 11.2. The van der Waals surface area contributed by atoms with Crippen LogP contribution in [0.3, 0.4) is 0 Å². The molecule has 10 heteroatoms. The van der Waals surface area contributed by atoms with E-state index in [9.17, 15) is 19.5 Å². The Morgan fingerprint density at radius 2 is 1.54 bits per heavy atom. The second-order valence-corrected chi connectivity index (χ2v) is 8.24. The first-order valence-electron chi connectivity index (χ1n) is 11.6. The van der Waals surface area contributed by atoms with Crippen LogP contribution in [0, 0.1) is 0 Å². The van der Waals surface area contributed by atoms with Crippen molar-refractivity contribution in [2.45, 2.75) is 50.7 Å². The fourth-order valence-corrected chi connectivity index (χ4v) is 3.45. The third-order valence-electron chi connectivity index (χ3n) is 5.38. The largest absolute Gasteiger partial charge is 0.480 e. The summed E-state index contributed by atoms with van der Waals surface area (Å²) in [6.07, 6.45) is 1.76. The van der Waals surface area contributed by atoms with Crippen molar-refractivity contribution in [3.63, 3.8) is 0 Å². The van der Waals surface area contributed by atoms with Gasteiger partial charge in [0, 0.05) is 5.69 Å². The SMILES string of the molecule is CC(NC(CCc1ccccc1)C(=O)NC(CCC[NH+]=C(N)N)C(=O)Nc1ccccc1)C(=O)O. The van der Waals surface area contributed by atoms with Gasteiger partial charge < -0.3 is 15.7 Å². The molecule has 188 valence electrons. The zero-order chi connectivity index (χ0) is 25.6. The molecule has 2 aromatic rings. The number of amides is 2. The molecule has 0 aliphatic carbocycles. The molecule has 0 aliphatic rings. The molecule has 0 heterocycles. The summed E-state index contributed by atoms with van der Waals surface area (Å²) < 4.78 is 0. The van der Waals surface area contributed by atoms with E-state index in [1.807, 2.05) is 36.4 Å². The number of nitrogens with one attached hydrogen (secondary N) is 4. The lowest BCUT2D eigenvalue weighted by Crippen LogP contribution is -2.78. The Balaban J connectivity index is 2.13. The predicted octanol–water partition coefficient (Wildman–Crippen LogP) is -0.692. The van der Waals surface area contributed by atoms with Crippen LogP contribution in [-0.4, -0.2) is 53.5 Å². The van der Waals surface area contributed by atoms with Crippen molar-refractivity contribution < 1.29 is 24.5 Å². The zero-order valence-electron chi connectivity index (χ0n) is 19.9. The maximum atomic E-state index is 13.2. The lowest BCUT2D eigenvalue weighted by Gasteiger charge is -2.24. The molecule has 3 unspecified atom stereocenters. The number of guanidine groups is 1. The van der Waals surface area contributed by atoms with E-state index in [2.05, 4.69) is 20.9 Å². The van der Waals surface area contributed by atoms with Gasteiger partial charge in [0.25, 0.3) is 0 Å². The Morgan fingerprint density at radius 1 is 0.914 bits per heavy atom. The molecule has 0 aromatic heterocycles. The van der Waals surface area contributed by atoms with Gasteiger partial charge >= 0.3 is 11.9 Å². The molecule has 0 fully saturated rings. The maximum absolute atomic E-state index is 13.2. The topological polar surface area (TPSA) is 174 Å². The molecular formula is C25H35N6O4+. The molecule has 3 atom stereocenters. The van der Waals surface area contributed by atoms with E-state index in [1.54, 1.807) is 24.3 Å². The number of aliphatic carboxylic acids is 1. The molecule has 10 nitrogen and oxygen atoms in total. The first-order chi connectivity index (χ1) is 16.8. The Labute approximate surface area is 205 Å². The van der Waals surface area contributed by atoms with Gasteiger partial charge in [-0.25, -0.2) is 0 Å². The summed E-state index contributed by atoms with van der Waals surface area (Å²) in [5, 5.41) is 17.8. The van der Waals surface area contributed by atoms with Gasteiger partial charge in [-0.2, -0.15) is 0 Å². The Hall–Kier alpha value is -3.92.